The molecule has 5 heteroatoms. The van der Waals surface area contributed by atoms with Gasteiger partial charge in [0.05, 0.1) is 12.6 Å². The second-order valence-electron chi connectivity index (χ2n) is 6.50. The van der Waals surface area contributed by atoms with Gasteiger partial charge in [-0.1, -0.05) is 24.3 Å². The first-order chi connectivity index (χ1) is 12.5. The van der Waals surface area contributed by atoms with Crippen LogP contribution in [-0.2, 0) is 11.2 Å². The Balaban J connectivity index is 1.44. The average molecular weight is 355 g/mol. The van der Waals surface area contributed by atoms with Crippen molar-refractivity contribution in [2.45, 2.75) is 38.6 Å². The first-order valence-corrected chi connectivity index (χ1v) is 8.85. The van der Waals surface area contributed by atoms with Gasteiger partial charge in [-0.25, -0.2) is 4.39 Å². The first-order valence-electron chi connectivity index (χ1n) is 8.85. The lowest BCUT2D eigenvalue weighted by molar-refractivity contribution is -0.122. The Morgan fingerprint density at radius 2 is 2.04 bits per heavy atom. The van der Waals surface area contributed by atoms with Crippen LogP contribution in [0.15, 0.2) is 42.5 Å². The summed E-state index contributed by atoms with van der Waals surface area (Å²) in [5.41, 5.74) is 2.20. The number of nitrogens with one attached hydrogen (secondary N) is 1. The zero-order valence-corrected chi connectivity index (χ0v) is 14.8. The molecule has 1 unspecified atom stereocenters. The van der Waals surface area contributed by atoms with Gasteiger partial charge in [0.1, 0.15) is 11.6 Å². The third kappa shape index (κ3) is 4.28. The zero-order chi connectivity index (χ0) is 18.5. The number of rotatable bonds is 7. The minimum absolute atomic E-state index is 0.0110. The molecular weight excluding hydrogens is 333 g/mol. The van der Waals surface area contributed by atoms with Crippen molar-refractivity contribution >= 4 is 11.7 Å². The molecule has 3 rings (SSSR count). The number of hydrogen-bond donors (Lipinski definition) is 1. The molecule has 26 heavy (non-hydrogen) atoms. The zero-order valence-electron chi connectivity index (χ0n) is 14.8. The maximum Gasteiger partial charge on any atom is 0.220 e. The number of benzene rings is 2. The van der Waals surface area contributed by atoms with E-state index in [2.05, 4.69) is 5.32 Å². The minimum Gasteiger partial charge on any atom is -0.494 e. The largest absolute Gasteiger partial charge is 0.494 e. The smallest absolute Gasteiger partial charge is 0.220 e. The SMILES string of the molecule is CC(=O)c1cccc(OCCCC(=O)NC2CCc3c(F)cccc32)c1. The van der Waals surface area contributed by atoms with Crippen molar-refractivity contribution in [3.63, 3.8) is 0 Å². The van der Waals surface area contributed by atoms with Gasteiger partial charge in [-0.3, -0.25) is 9.59 Å². The molecule has 0 saturated heterocycles. The number of ketones is 1. The van der Waals surface area contributed by atoms with Gasteiger partial charge in [-0.2, -0.15) is 0 Å². The Labute approximate surface area is 152 Å². The van der Waals surface area contributed by atoms with E-state index >= 15 is 0 Å². The Bertz CT molecular complexity index is 819. The van der Waals surface area contributed by atoms with E-state index in [1.807, 2.05) is 6.07 Å². The number of ether oxygens (including phenoxy) is 1. The molecule has 2 aromatic carbocycles. The van der Waals surface area contributed by atoms with Gasteiger partial charge in [0.25, 0.3) is 0 Å². The molecule has 0 radical (unpaired) electrons. The number of halogens is 1. The van der Waals surface area contributed by atoms with E-state index in [0.717, 1.165) is 12.0 Å². The van der Waals surface area contributed by atoms with Crippen molar-refractivity contribution < 1.29 is 18.7 Å². The summed E-state index contributed by atoms with van der Waals surface area (Å²) in [7, 11) is 0. The predicted molar refractivity (Wildman–Crippen MR) is 96.8 cm³/mol. The standard InChI is InChI=1S/C21H22FNO3/c1-14(24)15-5-2-6-16(13-15)26-12-4-9-21(25)23-20-11-10-17-18(20)7-3-8-19(17)22/h2-3,5-8,13,20H,4,9-12H2,1H3,(H,23,25). The molecule has 0 bridgehead atoms. The molecule has 0 fully saturated rings. The maximum atomic E-state index is 13.7. The third-order valence-corrected chi connectivity index (χ3v) is 4.61. The van der Waals surface area contributed by atoms with Gasteiger partial charge in [0.15, 0.2) is 5.78 Å². The summed E-state index contributed by atoms with van der Waals surface area (Å²) in [6, 6.07) is 11.9. The van der Waals surface area contributed by atoms with Crippen molar-refractivity contribution in [3.05, 3.63) is 65.0 Å². The lowest BCUT2D eigenvalue weighted by Crippen LogP contribution is -2.27. The number of carbonyl (C=O) groups excluding carboxylic acids is 2. The summed E-state index contributed by atoms with van der Waals surface area (Å²) in [5, 5.41) is 2.98. The van der Waals surface area contributed by atoms with E-state index in [9.17, 15) is 14.0 Å². The fraction of sp³-hybridized carbons (Fsp3) is 0.333. The molecule has 1 atom stereocenters. The molecule has 1 N–H and O–H groups in total. The summed E-state index contributed by atoms with van der Waals surface area (Å²) in [6.07, 6.45) is 2.30. The molecule has 0 heterocycles. The minimum atomic E-state index is -0.194. The first kappa shape index (κ1) is 18.1. The van der Waals surface area contributed by atoms with Gasteiger partial charge in [0, 0.05) is 12.0 Å². The molecule has 0 spiro atoms. The van der Waals surface area contributed by atoms with Crippen LogP contribution in [0.3, 0.4) is 0 Å². The number of Topliss-reactive ketones (excluding diaryl/α,β-unsaturated/α-hetero) is 1. The van der Waals surface area contributed by atoms with Crippen LogP contribution in [0.25, 0.3) is 0 Å². The van der Waals surface area contributed by atoms with Crippen molar-refractivity contribution in [2.24, 2.45) is 0 Å². The summed E-state index contributed by atoms with van der Waals surface area (Å²) in [5.74, 6) is 0.357. The number of carbonyl (C=O) groups is 2. The molecule has 1 amide bonds. The normalized spacial score (nSPS) is 15.4. The second kappa shape index (κ2) is 8.13. The van der Waals surface area contributed by atoms with E-state index in [0.29, 0.717) is 42.7 Å². The highest BCUT2D eigenvalue weighted by molar-refractivity contribution is 5.94. The second-order valence-corrected chi connectivity index (χ2v) is 6.50. The molecule has 0 aliphatic heterocycles. The topological polar surface area (TPSA) is 55.4 Å². The molecule has 0 saturated carbocycles. The predicted octanol–water partition coefficient (Wildman–Crippen LogP) is 3.99. The highest BCUT2D eigenvalue weighted by Gasteiger charge is 2.25. The van der Waals surface area contributed by atoms with Gasteiger partial charge >= 0.3 is 0 Å². The van der Waals surface area contributed by atoms with Crippen molar-refractivity contribution in [1.82, 2.24) is 5.32 Å². The number of amides is 1. The lowest BCUT2D eigenvalue weighted by Gasteiger charge is -2.14. The van der Waals surface area contributed by atoms with Crippen LogP contribution < -0.4 is 10.1 Å². The maximum absolute atomic E-state index is 13.7. The fourth-order valence-electron chi connectivity index (χ4n) is 3.25. The molecule has 136 valence electrons. The molecule has 4 nitrogen and oxygen atoms in total. The van der Waals surface area contributed by atoms with Crippen LogP contribution in [0.4, 0.5) is 4.39 Å². The monoisotopic (exact) mass is 355 g/mol. The molecule has 1 aliphatic rings. The van der Waals surface area contributed by atoms with E-state index in [4.69, 9.17) is 4.74 Å². The van der Waals surface area contributed by atoms with E-state index < -0.39 is 0 Å². The third-order valence-electron chi connectivity index (χ3n) is 4.61. The quantitative estimate of drug-likeness (QED) is 0.603. The van der Waals surface area contributed by atoms with Crippen LogP contribution in [0, 0.1) is 5.82 Å². The number of hydrogen-bond acceptors (Lipinski definition) is 3. The molecule has 2 aromatic rings. The van der Waals surface area contributed by atoms with Gasteiger partial charge in [-0.15, -0.1) is 0 Å². The average Bonchev–Trinajstić information content (AvgIpc) is 3.03. The van der Waals surface area contributed by atoms with E-state index in [1.54, 1.807) is 30.3 Å². The lowest BCUT2D eigenvalue weighted by atomic mass is 10.1. The molecule has 0 aromatic heterocycles. The Hall–Kier alpha value is -2.69. The highest BCUT2D eigenvalue weighted by atomic mass is 19.1. The molecule has 1 aliphatic carbocycles. The summed E-state index contributed by atoms with van der Waals surface area (Å²) < 4.78 is 19.3. The summed E-state index contributed by atoms with van der Waals surface area (Å²) >= 11 is 0. The van der Waals surface area contributed by atoms with Crippen molar-refractivity contribution in [1.29, 1.82) is 0 Å². The summed E-state index contributed by atoms with van der Waals surface area (Å²) in [4.78, 5) is 23.5. The van der Waals surface area contributed by atoms with Gasteiger partial charge in [-0.05, 0) is 55.5 Å². The van der Waals surface area contributed by atoms with E-state index in [-0.39, 0.29) is 23.5 Å². The van der Waals surface area contributed by atoms with Crippen LogP contribution >= 0.6 is 0 Å². The van der Waals surface area contributed by atoms with Gasteiger partial charge < -0.3 is 10.1 Å². The van der Waals surface area contributed by atoms with Crippen LogP contribution in [0.5, 0.6) is 5.75 Å². The van der Waals surface area contributed by atoms with Crippen LogP contribution in [0.1, 0.15) is 53.7 Å². The Kier molecular flexibility index (Phi) is 5.66. The summed E-state index contributed by atoms with van der Waals surface area (Å²) in [6.45, 7) is 1.90. The highest BCUT2D eigenvalue weighted by Crippen LogP contribution is 2.32. The Morgan fingerprint density at radius 1 is 1.23 bits per heavy atom. The fourth-order valence-corrected chi connectivity index (χ4v) is 3.25. The number of fused-ring (bicyclic) bond motifs is 1. The van der Waals surface area contributed by atoms with Crippen LogP contribution in [0.2, 0.25) is 0 Å². The van der Waals surface area contributed by atoms with E-state index in [1.165, 1.54) is 13.0 Å². The van der Waals surface area contributed by atoms with Crippen molar-refractivity contribution in [3.8, 4) is 5.75 Å². The van der Waals surface area contributed by atoms with Gasteiger partial charge in [0.2, 0.25) is 5.91 Å². The molecular formula is C21H22FNO3. The van der Waals surface area contributed by atoms with Crippen molar-refractivity contribution in [2.75, 3.05) is 6.61 Å². The Morgan fingerprint density at radius 3 is 2.85 bits per heavy atom. The van der Waals surface area contributed by atoms with Crippen LogP contribution in [-0.4, -0.2) is 18.3 Å².